The SMILES string of the molecule is CCOC(=O)C(N)CC(C)=O. The highest BCUT2D eigenvalue weighted by atomic mass is 16.5. The van der Waals surface area contributed by atoms with Gasteiger partial charge in [0.25, 0.3) is 0 Å². The Morgan fingerprint density at radius 2 is 2.09 bits per heavy atom. The zero-order valence-corrected chi connectivity index (χ0v) is 6.79. The van der Waals surface area contributed by atoms with Gasteiger partial charge >= 0.3 is 5.97 Å². The average molecular weight is 159 g/mol. The summed E-state index contributed by atoms with van der Waals surface area (Å²) in [5.41, 5.74) is 5.31. The van der Waals surface area contributed by atoms with Gasteiger partial charge in [0.2, 0.25) is 0 Å². The molecule has 64 valence electrons. The lowest BCUT2D eigenvalue weighted by Gasteiger charge is -2.07. The number of Topliss-reactive ketones (excluding diaryl/α,β-unsaturated/α-hetero) is 1. The van der Waals surface area contributed by atoms with Crippen molar-refractivity contribution < 1.29 is 14.3 Å². The molecule has 0 aliphatic rings. The first kappa shape index (κ1) is 10.1. The molecule has 0 aliphatic heterocycles. The molecule has 0 saturated carbocycles. The summed E-state index contributed by atoms with van der Waals surface area (Å²) in [4.78, 5) is 21.3. The molecule has 0 fully saturated rings. The van der Waals surface area contributed by atoms with Crippen LogP contribution in [-0.2, 0) is 14.3 Å². The fourth-order valence-electron chi connectivity index (χ4n) is 0.642. The highest BCUT2D eigenvalue weighted by Gasteiger charge is 2.15. The molecule has 0 saturated heterocycles. The Bertz CT molecular complexity index is 156. The van der Waals surface area contributed by atoms with Crippen LogP contribution in [-0.4, -0.2) is 24.4 Å². The first-order valence-electron chi connectivity index (χ1n) is 3.49. The topological polar surface area (TPSA) is 69.4 Å². The van der Waals surface area contributed by atoms with Crippen LogP contribution in [0, 0.1) is 0 Å². The first-order valence-corrected chi connectivity index (χ1v) is 3.49. The second-order valence-corrected chi connectivity index (χ2v) is 2.26. The molecule has 0 aromatic heterocycles. The average Bonchev–Trinajstić information content (AvgIpc) is 1.86. The standard InChI is InChI=1S/C7H13NO3/c1-3-11-7(10)6(8)4-5(2)9/h6H,3-4,8H2,1-2H3. The molecule has 0 spiro atoms. The predicted molar refractivity (Wildman–Crippen MR) is 39.9 cm³/mol. The number of ether oxygens (including phenoxy) is 1. The van der Waals surface area contributed by atoms with Crippen LogP contribution in [0.4, 0.5) is 0 Å². The van der Waals surface area contributed by atoms with Gasteiger partial charge in [-0.25, -0.2) is 0 Å². The number of carbonyl (C=O) groups is 2. The number of carbonyl (C=O) groups excluding carboxylic acids is 2. The van der Waals surface area contributed by atoms with E-state index in [1.807, 2.05) is 0 Å². The molecular weight excluding hydrogens is 146 g/mol. The number of hydrogen-bond acceptors (Lipinski definition) is 4. The molecule has 4 nitrogen and oxygen atoms in total. The molecule has 0 bridgehead atoms. The summed E-state index contributed by atoms with van der Waals surface area (Å²) >= 11 is 0. The molecular formula is C7H13NO3. The monoisotopic (exact) mass is 159 g/mol. The zero-order valence-electron chi connectivity index (χ0n) is 6.79. The Morgan fingerprint density at radius 1 is 1.55 bits per heavy atom. The molecule has 0 aliphatic carbocycles. The fraction of sp³-hybridized carbons (Fsp3) is 0.714. The summed E-state index contributed by atoms with van der Waals surface area (Å²) in [6, 6.07) is -0.799. The smallest absolute Gasteiger partial charge is 0.323 e. The van der Waals surface area contributed by atoms with E-state index in [0.717, 1.165) is 0 Å². The van der Waals surface area contributed by atoms with Crippen LogP contribution in [0.1, 0.15) is 20.3 Å². The number of hydrogen-bond donors (Lipinski definition) is 1. The van der Waals surface area contributed by atoms with Gasteiger partial charge in [-0.05, 0) is 13.8 Å². The molecule has 0 rings (SSSR count). The lowest BCUT2D eigenvalue weighted by atomic mass is 10.2. The van der Waals surface area contributed by atoms with Crippen LogP contribution >= 0.6 is 0 Å². The van der Waals surface area contributed by atoms with Crippen molar-refractivity contribution >= 4 is 11.8 Å². The maximum Gasteiger partial charge on any atom is 0.323 e. The van der Waals surface area contributed by atoms with Crippen molar-refractivity contribution in [2.45, 2.75) is 26.3 Å². The predicted octanol–water partition coefficient (Wildman–Crippen LogP) is -0.144. The molecule has 2 N–H and O–H groups in total. The van der Waals surface area contributed by atoms with Crippen molar-refractivity contribution in [3.63, 3.8) is 0 Å². The van der Waals surface area contributed by atoms with Crippen molar-refractivity contribution in [3.05, 3.63) is 0 Å². The Kier molecular flexibility index (Phi) is 4.45. The van der Waals surface area contributed by atoms with Crippen molar-refractivity contribution in [1.82, 2.24) is 0 Å². The van der Waals surface area contributed by atoms with E-state index in [9.17, 15) is 9.59 Å². The third kappa shape index (κ3) is 4.50. The van der Waals surface area contributed by atoms with E-state index in [1.165, 1.54) is 6.92 Å². The van der Waals surface area contributed by atoms with Crippen LogP contribution in [0.25, 0.3) is 0 Å². The third-order valence-corrected chi connectivity index (χ3v) is 1.10. The van der Waals surface area contributed by atoms with Gasteiger partial charge in [0.05, 0.1) is 6.61 Å². The highest BCUT2D eigenvalue weighted by Crippen LogP contribution is 1.92. The molecule has 0 amide bonds. The fourth-order valence-corrected chi connectivity index (χ4v) is 0.642. The van der Waals surface area contributed by atoms with Crippen molar-refractivity contribution in [3.8, 4) is 0 Å². The molecule has 1 unspecified atom stereocenters. The Labute approximate surface area is 65.7 Å². The van der Waals surface area contributed by atoms with Gasteiger partial charge < -0.3 is 10.5 Å². The Balaban J connectivity index is 3.73. The zero-order chi connectivity index (χ0) is 8.85. The molecule has 0 radical (unpaired) electrons. The second kappa shape index (κ2) is 4.85. The lowest BCUT2D eigenvalue weighted by molar-refractivity contribution is -0.145. The van der Waals surface area contributed by atoms with E-state index >= 15 is 0 Å². The molecule has 11 heavy (non-hydrogen) atoms. The van der Waals surface area contributed by atoms with E-state index < -0.39 is 12.0 Å². The lowest BCUT2D eigenvalue weighted by Crippen LogP contribution is -2.33. The van der Waals surface area contributed by atoms with Gasteiger partial charge in [-0.3, -0.25) is 9.59 Å². The molecule has 4 heteroatoms. The molecule has 0 aromatic rings. The van der Waals surface area contributed by atoms with Gasteiger partial charge in [0.15, 0.2) is 0 Å². The second-order valence-electron chi connectivity index (χ2n) is 2.26. The first-order chi connectivity index (χ1) is 5.07. The normalized spacial score (nSPS) is 12.3. The van der Waals surface area contributed by atoms with Crippen molar-refractivity contribution in [2.24, 2.45) is 5.73 Å². The molecule has 0 heterocycles. The van der Waals surface area contributed by atoms with E-state index in [-0.39, 0.29) is 12.2 Å². The minimum atomic E-state index is -0.799. The van der Waals surface area contributed by atoms with E-state index in [1.54, 1.807) is 6.92 Å². The van der Waals surface area contributed by atoms with E-state index in [4.69, 9.17) is 5.73 Å². The maximum atomic E-state index is 10.8. The largest absolute Gasteiger partial charge is 0.465 e. The number of nitrogens with two attached hydrogens (primary N) is 1. The quantitative estimate of drug-likeness (QED) is 0.579. The summed E-state index contributed by atoms with van der Waals surface area (Å²) < 4.78 is 4.59. The number of rotatable bonds is 4. The van der Waals surface area contributed by atoms with Crippen molar-refractivity contribution in [2.75, 3.05) is 6.61 Å². The number of esters is 1. The summed E-state index contributed by atoms with van der Waals surface area (Å²) in [5, 5.41) is 0. The molecule has 0 aromatic carbocycles. The van der Waals surface area contributed by atoms with E-state index in [0.29, 0.717) is 6.61 Å². The Hall–Kier alpha value is -0.900. The molecule has 1 atom stereocenters. The van der Waals surface area contributed by atoms with Crippen LogP contribution in [0.5, 0.6) is 0 Å². The Morgan fingerprint density at radius 3 is 2.45 bits per heavy atom. The van der Waals surface area contributed by atoms with E-state index in [2.05, 4.69) is 4.74 Å². The summed E-state index contributed by atoms with van der Waals surface area (Å²) in [6.07, 6.45) is 0.0544. The maximum absolute atomic E-state index is 10.8. The summed E-state index contributed by atoms with van der Waals surface area (Å²) in [6.45, 7) is 3.38. The van der Waals surface area contributed by atoms with Crippen molar-refractivity contribution in [1.29, 1.82) is 0 Å². The van der Waals surface area contributed by atoms with Gasteiger partial charge in [-0.15, -0.1) is 0 Å². The third-order valence-electron chi connectivity index (χ3n) is 1.10. The number of ketones is 1. The van der Waals surface area contributed by atoms with Gasteiger partial charge in [-0.2, -0.15) is 0 Å². The van der Waals surface area contributed by atoms with Crippen LogP contribution in [0.3, 0.4) is 0 Å². The van der Waals surface area contributed by atoms with Crippen LogP contribution in [0.2, 0.25) is 0 Å². The highest BCUT2D eigenvalue weighted by molar-refractivity contribution is 5.84. The van der Waals surface area contributed by atoms with Crippen LogP contribution < -0.4 is 5.73 Å². The minimum Gasteiger partial charge on any atom is -0.465 e. The summed E-state index contributed by atoms with van der Waals surface area (Å²) in [7, 11) is 0. The van der Waals surface area contributed by atoms with Gasteiger partial charge in [-0.1, -0.05) is 0 Å². The van der Waals surface area contributed by atoms with Gasteiger partial charge in [0.1, 0.15) is 11.8 Å². The minimum absolute atomic E-state index is 0.0544. The van der Waals surface area contributed by atoms with Crippen LogP contribution in [0.15, 0.2) is 0 Å². The summed E-state index contributed by atoms with van der Waals surface area (Å²) in [5.74, 6) is -0.617. The van der Waals surface area contributed by atoms with Gasteiger partial charge in [0, 0.05) is 6.42 Å².